The molecule has 1 amide bonds. The van der Waals surface area contributed by atoms with Crippen LogP contribution in [0.4, 0.5) is 5.69 Å². The monoisotopic (exact) mass is 588 g/mol. The molecule has 8 heteroatoms. The molecule has 0 spiro atoms. The number of anilines is 1. The van der Waals surface area contributed by atoms with E-state index in [1.807, 2.05) is 43.3 Å². The Kier molecular flexibility index (Phi) is 8.56. The summed E-state index contributed by atoms with van der Waals surface area (Å²) in [5, 5.41) is 13.0. The average molecular weight is 591 g/mol. The van der Waals surface area contributed by atoms with Gasteiger partial charge < -0.3 is 14.8 Å². The quantitative estimate of drug-likeness (QED) is 0.231. The molecule has 3 rings (SSSR count). The number of halogens is 3. The van der Waals surface area contributed by atoms with Crippen molar-refractivity contribution in [3.05, 3.63) is 90.8 Å². The normalized spacial score (nSPS) is 11.0. The lowest BCUT2D eigenvalue weighted by molar-refractivity contribution is -0.112. The van der Waals surface area contributed by atoms with Crippen molar-refractivity contribution in [2.45, 2.75) is 13.5 Å². The first-order valence-electron chi connectivity index (χ1n) is 9.76. The van der Waals surface area contributed by atoms with E-state index in [0.717, 1.165) is 11.1 Å². The summed E-state index contributed by atoms with van der Waals surface area (Å²) in [4.78, 5) is 12.9. The summed E-state index contributed by atoms with van der Waals surface area (Å²) in [6.45, 7) is 2.13. The minimum absolute atomic E-state index is 0.0924. The number of nitriles is 1. The van der Waals surface area contributed by atoms with E-state index in [9.17, 15) is 10.1 Å². The van der Waals surface area contributed by atoms with E-state index in [0.29, 0.717) is 36.7 Å². The Morgan fingerprint density at radius 1 is 1.15 bits per heavy atom. The van der Waals surface area contributed by atoms with E-state index in [1.54, 1.807) is 24.3 Å². The zero-order valence-corrected chi connectivity index (χ0v) is 21.7. The van der Waals surface area contributed by atoms with Crippen molar-refractivity contribution in [3.63, 3.8) is 0 Å². The minimum Gasteiger partial charge on any atom is -0.493 e. The third kappa shape index (κ3) is 6.17. The minimum atomic E-state index is -0.553. The number of nitrogens with one attached hydrogen (secondary N) is 1. The van der Waals surface area contributed by atoms with E-state index in [2.05, 4.69) is 37.2 Å². The maximum atomic E-state index is 12.9. The summed E-state index contributed by atoms with van der Waals surface area (Å²) in [5.41, 5.74) is 2.78. The molecule has 0 atom stereocenters. The fourth-order valence-electron chi connectivity index (χ4n) is 3.03. The number of hydrogen-bond acceptors (Lipinski definition) is 4. The van der Waals surface area contributed by atoms with E-state index in [-0.39, 0.29) is 12.2 Å². The Bertz CT molecular complexity index is 1250. The summed E-state index contributed by atoms with van der Waals surface area (Å²) in [7, 11) is 1.52. The van der Waals surface area contributed by atoms with E-state index in [4.69, 9.17) is 21.1 Å². The van der Waals surface area contributed by atoms with Crippen LogP contribution in [0, 0.1) is 18.3 Å². The van der Waals surface area contributed by atoms with Gasteiger partial charge in [-0.1, -0.05) is 41.9 Å². The van der Waals surface area contributed by atoms with Gasteiger partial charge >= 0.3 is 0 Å². The van der Waals surface area contributed by atoms with E-state index in [1.165, 1.54) is 13.2 Å². The van der Waals surface area contributed by atoms with Gasteiger partial charge in [0.25, 0.3) is 5.91 Å². The first kappa shape index (κ1) is 24.8. The van der Waals surface area contributed by atoms with Crippen LogP contribution in [0.5, 0.6) is 11.5 Å². The first-order chi connectivity index (χ1) is 15.8. The Morgan fingerprint density at radius 3 is 2.48 bits per heavy atom. The molecule has 0 bridgehead atoms. The summed E-state index contributed by atoms with van der Waals surface area (Å²) < 4.78 is 12.8. The van der Waals surface area contributed by atoms with Crippen molar-refractivity contribution < 1.29 is 14.3 Å². The number of amides is 1. The molecular weight excluding hydrogens is 572 g/mol. The van der Waals surface area contributed by atoms with Gasteiger partial charge in [0.05, 0.1) is 12.8 Å². The molecule has 3 aromatic carbocycles. The predicted molar refractivity (Wildman–Crippen MR) is 138 cm³/mol. The van der Waals surface area contributed by atoms with Crippen molar-refractivity contribution in [1.29, 1.82) is 5.26 Å². The summed E-state index contributed by atoms with van der Waals surface area (Å²) in [6.07, 6.45) is 1.47. The van der Waals surface area contributed by atoms with Crippen molar-refractivity contribution in [2.24, 2.45) is 0 Å². The molecule has 0 aliphatic heterocycles. The molecule has 0 saturated heterocycles. The third-order valence-corrected chi connectivity index (χ3v) is 6.27. The molecule has 0 saturated carbocycles. The standard InChI is InChI=1S/C25H19Br2ClN2O3/c1-15-10-19(26)23(20(27)11-15)30-25(31)18(13-29)12-16-7-5-9-22(32-2)24(16)33-14-17-6-3-4-8-21(17)28/h3-12H,14H2,1-2H3,(H,30,31)/b18-12+. The summed E-state index contributed by atoms with van der Waals surface area (Å²) in [6, 6.07) is 18.3. The van der Waals surface area contributed by atoms with Crippen LogP contribution in [0.1, 0.15) is 16.7 Å². The second-order valence-corrected chi connectivity index (χ2v) is 9.10. The van der Waals surface area contributed by atoms with Crippen LogP contribution in [0.2, 0.25) is 5.02 Å². The highest BCUT2D eigenvalue weighted by molar-refractivity contribution is 9.11. The second kappa shape index (κ2) is 11.4. The predicted octanol–water partition coefficient (Wildman–Crippen LogP) is 7.31. The van der Waals surface area contributed by atoms with E-state index < -0.39 is 5.91 Å². The van der Waals surface area contributed by atoms with Crippen LogP contribution in [0.15, 0.2) is 69.1 Å². The fraction of sp³-hybridized carbons (Fsp3) is 0.120. The number of para-hydroxylation sites is 1. The molecule has 5 nitrogen and oxygen atoms in total. The first-order valence-corrected chi connectivity index (χ1v) is 11.7. The molecule has 0 fully saturated rings. The van der Waals surface area contributed by atoms with Crippen molar-refractivity contribution in [2.75, 3.05) is 12.4 Å². The van der Waals surface area contributed by atoms with Crippen molar-refractivity contribution >= 4 is 61.1 Å². The fourth-order valence-corrected chi connectivity index (χ4v) is 4.84. The van der Waals surface area contributed by atoms with Gasteiger partial charge in [-0.3, -0.25) is 4.79 Å². The molecule has 0 heterocycles. The number of rotatable bonds is 7. The van der Waals surface area contributed by atoms with Gasteiger partial charge in [0.1, 0.15) is 18.2 Å². The number of carbonyl (C=O) groups is 1. The summed E-state index contributed by atoms with van der Waals surface area (Å²) >= 11 is 13.1. The smallest absolute Gasteiger partial charge is 0.266 e. The van der Waals surface area contributed by atoms with Gasteiger partial charge in [-0.25, -0.2) is 0 Å². The Morgan fingerprint density at radius 2 is 1.85 bits per heavy atom. The number of carbonyl (C=O) groups excluding carboxylic acids is 1. The highest BCUT2D eigenvalue weighted by Gasteiger charge is 2.17. The lowest BCUT2D eigenvalue weighted by Gasteiger charge is -2.15. The molecule has 0 aromatic heterocycles. The SMILES string of the molecule is COc1cccc(/C=C(\C#N)C(=O)Nc2c(Br)cc(C)cc2Br)c1OCc1ccccc1Cl. The van der Waals surface area contributed by atoms with Crippen LogP contribution < -0.4 is 14.8 Å². The average Bonchev–Trinajstić information content (AvgIpc) is 2.79. The Labute approximate surface area is 214 Å². The Balaban J connectivity index is 1.92. The number of aryl methyl sites for hydroxylation is 1. The maximum Gasteiger partial charge on any atom is 0.266 e. The van der Waals surface area contributed by atoms with E-state index >= 15 is 0 Å². The zero-order valence-electron chi connectivity index (χ0n) is 17.8. The highest BCUT2D eigenvalue weighted by Crippen LogP contribution is 2.35. The molecule has 168 valence electrons. The molecule has 33 heavy (non-hydrogen) atoms. The van der Waals surface area contributed by atoms with Crippen LogP contribution in [-0.2, 0) is 11.4 Å². The molecular formula is C25H19Br2ClN2O3. The molecule has 3 aromatic rings. The summed E-state index contributed by atoms with van der Waals surface area (Å²) in [5.74, 6) is 0.318. The van der Waals surface area contributed by atoms with Crippen LogP contribution in [0.25, 0.3) is 6.08 Å². The largest absolute Gasteiger partial charge is 0.493 e. The molecule has 0 aliphatic carbocycles. The zero-order chi connectivity index (χ0) is 24.0. The van der Waals surface area contributed by atoms with Crippen molar-refractivity contribution in [3.8, 4) is 17.6 Å². The van der Waals surface area contributed by atoms with Gasteiger partial charge in [0.15, 0.2) is 11.5 Å². The molecule has 1 N–H and O–H groups in total. The van der Waals surface area contributed by atoms with Gasteiger partial charge in [-0.2, -0.15) is 5.26 Å². The number of ether oxygens (including phenoxy) is 2. The van der Waals surface area contributed by atoms with Gasteiger partial charge in [-0.15, -0.1) is 0 Å². The number of hydrogen-bond donors (Lipinski definition) is 1. The maximum absolute atomic E-state index is 12.9. The molecule has 0 unspecified atom stereocenters. The molecule has 0 radical (unpaired) electrons. The number of benzene rings is 3. The van der Waals surface area contributed by atoms with Gasteiger partial charge in [0.2, 0.25) is 0 Å². The van der Waals surface area contributed by atoms with Crippen LogP contribution in [-0.4, -0.2) is 13.0 Å². The van der Waals surface area contributed by atoms with Gasteiger partial charge in [-0.05, 0) is 74.7 Å². The van der Waals surface area contributed by atoms with Crippen LogP contribution >= 0.6 is 43.5 Å². The lowest BCUT2D eigenvalue weighted by Crippen LogP contribution is -2.14. The van der Waals surface area contributed by atoms with Crippen LogP contribution in [0.3, 0.4) is 0 Å². The molecule has 0 aliphatic rings. The number of nitrogens with zero attached hydrogens (tertiary/aromatic N) is 1. The van der Waals surface area contributed by atoms with Gasteiger partial charge in [0, 0.05) is 25.1 Å². The van der Waals surface area contributed by atoms with Crippen molar-refractivity contribution in [1.82, 2.24) is 0 Å². The lowest BCUT2D eigenvalue weighted by atomic mass is 10.1. The Hall–Kier alpha value is -2.79. The second-order valence-electron chi connectivity index (χ2n) is 6.99. The highest BCUT2D eigenvalue weighted by atomic mass is 79.9. The number of methoxy groups -OCH3 is 1. The third-order valence-electron chi connectivity index (χ3n) is 4.65. The topological polar surface area (TPSA) is 71.3 Å².